The van der Waals surface area contributed by atoms with Gasteiger partial charge in [0.15, 0.2) is 5.15 Å². The molecule has 1 heterocycles. The second-order valence-electron chi connectivity index (χ2n) is 2.11. The maximum atomic E-state index is 5.63. The second kappa shape index (κ2) is 2.42. The molecule has 0 spiro atoms. The van der Waals surface area contributed by atoms with Crippen LogP contribution in [0.3, 0.4) is 0 Å². The van der Waals surface area contributed by atoms with Crippen LogP contribution in [0.1, 0.15) is 11.3 Å². The molecule has 0 aromatic carbocycles. The molecule has 1 rings (SSSR count). The Hall–Kier alpha value is -0.830. The standard InChI is InChI=1S/C6H8ClN3/c1-3-5(8)4(2)9-10-6(3)7/h1-2H3,(H2,8,10). The SMILES string of the molecule is Cc1nnc(Cl)c(C)c1N. The van der Waals surface area contributed by atoms with E-state index in [-0.39, 0.29) is 0 Å². The summed E-state index contributed by atoms with van der Waals surface area (Å²) >= 11 is 5.63. The maximum absolute atomic E-state index is 5.63. The van der Waals surface area contributed by atoms with Crippen molar-refractivity contribution in [1.82, 2.24) is 10.2 Å². The highest BCUT2D eigenvalue weighted by atomic mass is 35.5. The van der Waals surface area contributed by atoms with Crippen LogP contribution in [-0.2, 0) is 0 Å². The summed E-state index contributed by atoms with van der Waals surface area (Å²) in [6.07, 6.45) is 0. The third kappa shape index (κ3) is 1.04. The van der Waals surface area contributed by atoms with Crippen molar-refractivity contribution in [2.75, 3.05) is 5.73 Å². The Morgan fingerprint density at radius 1 is 1.30 bits per heavy atom. The highest BCUT2D eigenvalue weighted by Crippen LogP contribution is 2.18. The van der Waals surface area contributed by atoms with Crippen LogP contribution >= 0.6 is 11.6 Å². The number of aromatic nitrogens is 2. The molecule has 1 aromatic rings. The lowest BCUT2D eigenvalue weighted by Gasteiger charge is -2.01. The monoisotopic (exact) mass is 157 g/mol. The lowest BCUT2D eigenvalue weighted by Crippen LogP contribution is -1.99. The Labute approximate surface area is 64.2 Å². The molecule has 0 atom stereocenters. The first-order chi connectivity index (χ1) is 4.63. The van der Waals surface area contributed by atoms with E-state index in [9.17, 15) is 0 Å². The molecule has 0 amide bonds. The van der Waals surface area contributed by atoms with Crippen molar-refractivity contribution in [3.05, 3.63) is 16.4 Å². The summed E-state index contributed by atoms with van der Waals surface area (Å²) in [6, 6.07) is 0. The van der Waals surface area contributed by atoms with E-state index in [0.29, 0.717) is 10.8 Å². The van der Waals surface area contributed by atoms with Crippen molar-refractivity contribution >= 4 is 17.3 Å². The van der Waals surface area contributed by atoms with Gasteiger partial charge in [-0.15, -0.1) is 5.10 Å². The van der Waals surface area contributed by atoms with Gasteiger partial charge >= 0.3 is 0 Å². The molecule has 0 bridgehead atoms. The highest BCUT2D eigenvalue weighted by Gasteiger charge is 2.03. The molecule has 0 radical (unpaired) electrons. The Bertz CT molecular complexity index is 232. The fraction of sp³-hybridized carbons (Fsp3) is 0.333. The lowest BCUT2D eigenvalue weighted by atomic mass is 10.2. The van der Waals surface area contributed by atoms with Gasteiger partial charge in [0.1, 0.15) is 0 Å². The quantitative estimate of drug-likeness (QED) is 0.618. The topological polar surface area (TPSA) is 51.8 Å². The molecule has 0 aliphatic heterocycles. The van der Waals surface area contributed by atoms with E-state index in [2.05, 4.69) is 10.2 Å². The van der Waals surface area contributed by atoms with E-state index in [1.807, 2.05) is 6.92 Å². The molecule has 0 aliphatic carbocycles. The van der Waals surface area contributed by atoms with E-state index in [1.54, 1.807) is 6.92 Å². The predicted molar refractivity (Wildman–Crippen MR) is 40.9 cm³/mol. The molecule has 4 heteroatoms. The smallest absolute Gasteiger partial charge is 0.156 e. The Morgan fingerprint density at radius 3 is 2.40 bits per heavy atom. The van der Waals surface area contributed by atoms with Gasteiger partial charge in [0.25, 0.3) is 0 Å². The molecule has 0 fully saturated rings. The molecule has 0 saturated heterocycles. The van der Waals surface area contributed by atoms with Gasteiger partial charge < -0.3 is 5.73 Å². The first kappa shape index (κ1) is 7.28. The average molecular weight is 158 g/mol. The number of anilines is 1. The van der Waals surface area contributed by atoms with Crippen LogP contribution in [0.5, 0.6) is 0 Å². The number of halogens is 1. The van der Waals surface area contributed by atoms with E-state index >= 15 is 0 Å². The van der Waals surface area contributed by atoms with Gasteiger partial charge in [0.2, 0.25) is 0 Å². The molecule has 3 nitrogen and oxygen atoms in total. The zero-order chi connectivity index (χ0) is 7.72. The van der Waals surface area contributed by atoms with Crippen molar-refractivity contribution in [2.24, 2.45) is 0 Å². The van der Waals surface area contributed by atoms with Crippen LogP contribution in [0.25, 0.3) is 0 Å². The van der Waals surface area contributed by atoms with Crippen molar-refractivity contribution in [2.45, 2.75) is 13.8 Å². The first-order valence-corrected chi connectivity index (χ1v) is 3.25. The lowest BCUT2D eigenvalue weighted by molar-refractivity contribution is 0.972. The number of nitrogen functional groups attached to an aromatic ring is 1. The molecular formula is C6H8ClN3. The van der Waals surface area contributed by atoms with Crippen molar-refractivity contribution in [1.29, 1.82) is 0 Å². The summed E-state index contributed by atoms with van der Waals surface area (Å²) < 4.78 is 0. The number of hydrogen-bond acceptors (Lipinski definition) is 3. The summed E-state index contributed by atoms with van der Waals surface area (Å²) in [5, 5.41) is 7.78. The van der Waals surface area contributed by atoms with Gasteiger partial charge in [-0.2, -0.15) is 5.10 Å². The van der Waals surface area contributed by atoms with Crippen molar-refractivity contribution < 1.29 is 0 Å². The minimum Gasteiger partial charge on any atom is -0.397 e. The third-order valence-electron chi connectivity index (χ3n) is 1.39. The van der Waals surface area contributed by atoms with E-state index in [0.717, 1.165) is 11.3 Å². The van der Waals surface area contributed by atoms with Gasteiger partial charge in [-0.1, -0.05) is 11.6 Å². The number of aryl methyl sites for hydroxylation is 1. The Balaban J connectivity index is 3.34. The largest absolute Gasteiger partial charge is 0.397 e. The van der Waals surface area contributed by atoms with Gasteiger partial charge in [-0.25, -0.2) is 0 Å². The van der Waals surface area contributed by atoms with Crippen LogP contribution < -0.4 is 5.73 Å². The summed E-state index contributed by atoms with van der Waals surface area (Å²) in [4.78, 5) is 0. The first-order valence-electron chi connectivity index (χ1n) is 2.87. The predicted octanol–water partition coefficient (Wildman–Crippen LogP) is 1.33. The fourth-order valence-electron chi connectivity index (χ4n) is 0.630. The summed E-state index contributed by atoms with van der Waals surface area (Å²) in [7, 11) is 0. The van der Waals surface area contributed by atoms with Gasteiger partial charge in [-0.05, 0) is 13.8 Å². The van der Waals surface area contributed by atoms with Crippen LogP contribution in [0.4, 0.5) is 5.69 Å². The highest BCUT2D eigenvalue weighted by molar-refractivity contribution is 6.30. The average Bonchev–Trinajstić information content (AvgIpc) is 1.93. The molecule has 0 unspecified atom stereocenters. The number of nitrogens with two attached hydrogens (primary N) is 1. The molecule has 10 heavy (non-hydrogen) atoms. The molecular weight excluding hydrogens is 150 g/mol. The molecule has 54 valence electrons. The maximum Gasteiger partial charge on any atom is 0.156 e. The molecule has 0 saturated carbocycles. The van der Waals surface area contributed by atoms with Gasteiger partial charge in [0.05, 0.1) is 11.4 Å². The number of rotatable bonds is 0. The van der Waals surface area contributed by atoms with E-state index in [1.165, 1.54) is 0 Å². The molecule has 0 aliphatic rings. The molecule has 1 aromatic heterocycles. The van der Waals surface area contributed by atoms with Gasteiger partial charge in [-0.3, -0.25) is 0 Å². The summed E-state index contributed by atoms with van der Waals surface area (Å²) in [5.41, 5.74) is 7.74. The fourth-order valence-corrected chi connectivity index (χ4v) is 0.770. The minimum absolute atomic E-state index is 0.378. The number of hydrogen-bond donors (Lipinski definition) is 1. The van der Waals surface area contributed by atoms with Crippen molar-refractivity contribution in [3.63, 3.8) is 0 Å². The Kier molecular flexibility index (Phi) is 1.76. The zero-order valence-electron chi connectivity index (χ0n) is 5.85. The minimum atomic E-state index is 0.378. The van der Waals surface area contributed by atoms with Crippen LogP contribution in [-0.4, -0.2) is 10.2 Å². The van der Waals surface area contributed by atoms with Gasteiger partial charge in [0, 0.05) is 5.56 Å². The van der Waals surface area contributed by atoms with E-state index < -0.39 is 0 Å². The third-order valence-corrected chi connectivity index (χ3v) is 1.75. The van der Waals surface area contributed by atoms with Crippen molar-refractivity contribution in [3.8, 4) is 0 Å². The second-order valence-corrected chi connectivity index (χ2v) is 2.47. The molecule has 2 N–H and O–H groups in total. The van der Waals surface area contributed by atoms with Crippen LogP contribution in [0, 0.1) is 13.8 Å². The zero-order valence-corrected chi connectivity index (χ0v) is 6.61. The summed E-state index contributed by atoms with van der Waals surface area (Å²) in [6.45, 7) is 3.62. The Morgan fingerprint density at radius 2 is 1.90 bits per heavy atom. The van der Waals surface area contributed by atoms with Crippen LogP contribution in [0.2, 0.25) is 5.15 Å². The normalized spacial score (nSPS) is 9.90. The summed E-state index contributed by atoms with van der Waals surface area (Å²) in [5.74, 6) is 0. The number of nitrogens with zero attached hydrogens (tertiary/aromatic N) is 2. The van der Waals surface area contributed by atoms with E-state index in [4.69, 9.17) is 17.3 Å². The van der Waals surface area contributed by atoms with Crippen LogP contribution in [0.15, 0.2) is 0 Å².